The Kier molecular flexibility index (Phi) is 7.75. The third-order valence-electron chi connectivity index (χ3n) is 4.78. The molecule has 2 amide bonds. The predicted molar refractivity (Wildman–Crippen MR) is 100 cm³/mol. The van der Waals surface area contributed by atoms with Gasteiger partial charge in [-0.2, -0.15) is 0 Å². The van der Waals surface area contributed by atoms with Crippen LogP contribution in [-0.2, 0) is 9.47 Å². The van der Waals surface area contributed by atoms with Gasteiger partial charge in [0.1, 0.15) is 0 Å². The third-order valence-corrected chi connectivity index (χ3v) is 4.78. The number of ether oxygens (including phenoxy) is 2. The maximum Gasteiger partial charge on any atom is 0.429 e. The lowest BCUT2D eigenvalue weighted by Crippen LogP contribution is -2.54. The van der Waals surface area contributed by atoms with Crippen molar-refractivity contribution in [1.29, 1.82) is 0 Å². The Morgan fingerprint density at radius 1 is 1.23 bits per heavy atom. The summed E-state index contributed by atoms with van der Waals surface area (Å²) in [5.41, 5.74) is 5.07. The van der Waals surface area contributed by atoms with E-state index in [4.69, 9.17) is 9.47 Å². The number of nitrogens with zero attached hydrogens (tertiary/aromatic N) is 1. The molecule has 1 N–H and O–H groups in total. The van der Waals surface area contributed by atoms with Crippen molar-refractivity contribution in [3.8, 4) is 0 Å². The summed E-state index contributed by atoms with van der Waals surface area (Å²) < 4.78 is 10.2. The number of hydrogen-bond acceptors (Lipinski definition) is 4. The lowest BCUT2D eigenvalue weighted by Gasteiger charge is -2.34. The summed E-state index contributed by atoms with van der Waals surface area (Å²) in [5, 5.41) is 1.30. The van der Waals surface area contributed by atoms with E-state index in [9.17, 15) is 9.59 Å². The Morgan fingerprint density at radius 2 is 1.92 bits per heavy atom. The van der Waals surface area contributed by atoms with Crippen molar-refractivity contribution in [2.24, 2.45) is 5.92 Å². The zero-order valence-electron chi connectivity index (χ0n) is 15.8. The third kappa shape index (κ3) is 4.90. The van der Waals surface area contributed by atoms with Crippen LogP contribution in [0.25, 0.3) is 0 Å². The molecule has 0 aromatic rings. The SMILES string of the molecule is C=CC[C@H]1C=CC(=C2CCCCC2)[C@@H]1N(NC(=O)OCC)C(=O)OCC. The van der Waals surface area contributed by atoms with E-state index in [0.717, 1.165) is 31.3 Å². The molecule has 1 saturated carbocycles. The number of amides is 2. The maximum atomic E-state index is 12.6. The Balaban J connectivity index is 2.35. The number of hydrazine groups is 1. The van der Waals surface area contributed by atoms with Crippen molar-refractivity contribution in [2.75, 3.05) is 13.2 Å². The summed E-state index contributed by atoms with van der Waals surface area (Å²) in [7, 11) is 0. The minimum absolute atomic E-state index is 0.0447. The molecule has 0 bridgehead atoms. The number of carbonyl (C=O) groups excluding carboxylic acids is 2. The van der Waals surface area contributed by atoms with Gasteiger partial charge in [-0.15, -0.1) is 6.58 Å². The molecule has 0 aromatic heterocycles. The monoisotopic (exact) mass is 362 g/mol. The molecule has 1 fully saturated rings. The molecule has 0 spiro atoms. The smallest absolute Gasteiger partial charge is 0.429 e. The molecule has 2 atom stereocenters. The number of nitrogens with one attached hydrogen (secondary N) is 1. The molecule has 2 rings (SSSR count). The summed E-state index contributed by atoms with van der Waals surface area (Å²) >= 11 is 0. The Hall–Kier alpha value is -2.24. The Labute approximate surface area is 155 Å². The molecule has 0 aromatic carbocycles. The van der Waals surface area contributed by atoms with Crippen molar-refractivity contribution < 1.29 is 19.1 Å². The van der Waals surface area contributed by atoms with E-state index < -0.39 is 12.2 Å². The standard InChI is InChI=1S/C20H30N2O4/c1-4-10-16-13-14-17(15-11-8-7-9-12-15)18(16)22(20(24)26-6-3)21-19(23)25-5-2/h4,13-14,16,18H,1,5-12H2,2-3H3,(H,21,23)/t16-,18+/m0/s1. The van der Waals surface area contributed by atoms with Crippen LogP contribution in [0.1, 0.15) is 52.4 Å². The van der Waals surface area contributed by atoms with E-state index in [-0.39, 0.29) is 25.2 Å². The van der Waals surface area contributed by atoms with Crippen LogP contribution in [0.5, 0.6) is 0 Å². The number of carbonyl (C=O) groups is 2. The first-order chi connectivity index (χ1) is 12.6. The molecule has 0 heterocycles. The normalized spacial score (nSPS) is 22.1. The summed E-state index contributed by atoms with van der Waals surface area (Å²) in [6.07, 6.45) is 11.1. The largest absolute Gasteiger partial charge is 0.449 e. The molecule has 26 heavy (non-hydrogen) atoms. The van der Waals surface area contributed by atoms with E-state index in [1.165, 1.54) is 17.0 Å². The highest BCUT2D eigenvalue weighted by atomic mass is 16.6. The van der Waals surface area contributed by atoms with Gasteiger partial charge in [-0.3, -0.25) is 0 Å². The molecule has 0 radical (unpaired) electrons. The molecule has 2 aliphatic carbocycles. The van der Waals surface area contributed by atoms with E-state index in [1.54, 1.807) is 13.8 Å². The Morgan fingerprint density at radius 3 is 2.54 bits per heavy atom. The van der Waals surface area contributed by atoms with E-state index in [1.807, 2.05) is 6.08 Å². The van der Waals surface area contributed by atoms with Crippen LogP contribution in [0.2, 0.25) is 0 Å². The molecule has 144 valence electrons. The zero-order chi connectivity index (χ0) is 18.9. The highest BCUT2D eigenvalue weighted by molar-refractivity contribution is 5.75. The van der Waals surface area contributed by atoms with Crippen LogP contribution in [0.3, 0.4) is 0 Å². The minimum atomic E-state index is -0.655. The van der Waals surface area contributed by atoms with Crippen LogP contribution in [-0.4, -0.2) is 36.5 Å². The highest BCUT2D eigenvalue weighted by Crippen LogP contribution is 2.37. The van der Waals surface area contributed by atoms with Gasteiger partial charge in [-0.25, -0.2) is 20.0 Å². The molecule has 0 aliphatic heterocycles. The number of rotatable bonds is 5. The second kappa shape index (κ2) is 10.0. The molecule has 6 heteroatoms. The molecule has 2 aliphatic rings. The lowest BCUT2D eigenvalue weighted by molar-refractivity contribution is 0.0557. The topological polar surface area (TPSA) is 67.9 Å². The predicted octanol–water partition coefficient (Wildman–Crippen LogP) is 4.50. The van der Waals surface area contributed by atoms with Crippen LogP contribution < -0.4 is 5.43 Å². The van der Waals surface area contributed by atoms with Crippen molar-refractivity contribution in [3.63, 3.8) is 0 Å². The first-order valence-electron chi connectivity index (χ1n) is 9.52. The van der Waals surface area contributed by atoms with E-state index in [2.05, 4.69) is 24.2 Å². The molecule has 6 nitrogen and oxygen atoms in total. The van der Waals surface area contributed by atoms with Gasteiger partial charge in [0.25, 0.3) is 0 Å². The molecule has 0 saturated heterocycles. The van der Waals surface area contributed by atoms with E-state index >= 15 is 0 Å². The molecule has 0 unspecified atom stereocenters. The van der Waals surface area contributed by atoms with Gasteiger partial charge in [-0.05, 0) is 51.5 Å². The van der Waals surface area contributed by atoms with Gasteiger partial charge in [0.15, 0.2) is 0 Å². The van der Waals surface area contributed by atoms with Gasteiger partial charge in [0.05, 0.1) is 19.3 Å². The Bertz CT molecular complexity index is 574. The van der Waals surface area contributed by atoms with Gasteiger partial charge in [0.2, 0.25) is 0 Å². The summed E-state index contributed by atoms with van der Waals surface area (Å²) in [6.45, 7) is 7.76. The number of hydrogen-bond donors (Lipinski definition) is 1. The van der Waals surface area contributed by atoms with Gasteiger partial charge in [-0.1, -0.05) is 30.2 Å². The summed E-state index contributed by atoms with van der Waals surface area (Å²) in [6, 6.07) is -0.301. The first kappa shape index (κ1) is 20.1. The fourth-order valence-electron chi connectivity index (χ4n) is 3.67. The second-order valence-electron chi connectivity index (χ2n) is 6.51. The summed E-state index contributed by atoms with van der Waals surface area (Å²) in [5.74, 6) is 0.0447. The van der Waals surface area contributed by atoms with Crippen molar-refractivity contribution >= 4 is 12.2 Å². The average Bonchev–Trinajstić information content (AvgIpc) is 3.04. The average molecular weight is 362 g/mol. The van der Waals surface area contributed by atoms with Gasteiger partial charge < -0.3 is 9.47 Å². The van der Waals surface area contributed by atoms with Gasteiger partial charge >= 0.3 is 12.2 Å². The zero-order valence-corrected chi connectivity index (χ0v) is 15.8. The second-order valence-corrected chi connectivity index (χ2v) is 6.51. The quantitative estimate of drug-likeness (QED) is 0.578. The van der Waals surface area contributed by atoms with Crippen LogP contribution in [0.15, 0.2) is 36.0 Å². The minimum Gasteiger partial charge on any atom is -0.449 e. The number of allylic oxidation sites excluding steroid dienone is 2. The summed E-state index contributed by atoms with van der Waals surface area (Å²) in [4.78, 5) is 24.6. The van der Waals surface area contributed by atoms with Crippen molar-refractivity contribution in [2.45, 2.75) is 58.4 Å². The molecular formula is C20H30N2O4. The maximum absolute atomic E-state index is 12.6. The van der Waals surface area contributed by atoms with E-state index in [0.29, 0.717) is 6.42 Å². The van der Waals surface area contributed by atoms with Crippen LogP contribution in [0.4, 0.5) is 9.59 Å². The van der Waals surface area contributed by atoms with Crippen molar-refractivity contribution in [1.82, 2.24) is 10.4 Å². The van der Waals surface area contributed by atoms with Crippen LogP contribution >= 0.6 is 0 Å². The fourth-order valence-corrected chi connectivity index (χ4v) is 3.67. The van der Waals surface area contributed by atoms with Gasteiger partial charge in [0, 0.05) is 5.92 Å². The fraction of sp³-hybridized carbons (Fsp3) is 0.600. The lowest BCUT2D eigenvalue weighted by atomic mass is 9.87. The highest BCUT2D eigenvalue weighted by Gasteiger charge is 2.38. The van der Waals surface area contributed by atoms with Crippen LogP contribution in [0, 0.1) is 5.92 Å². The van der Waals surface area contributed by atoms with Crippen molar-refractivity contribution in [3.05, 3.63) is 36.0 Å². The molecular weight excluding hydrogens is 332 g/mol. The first-order valence-corrected chi connectivity index (χ1v) is 9.52.